The van der Waals surface area contributed by atoms with E-state index in [2.05, 4.69) is 6.92 Å². The maximum absolute atomic E-state index is 11.7. The number of aliphatic carboxylic acids is 1. The second-order valence-electron chi connectivity index (χ2n) is 8.07. The van der Waals surface area contributed by atoms with Crippen molar-refractivity contribution >= 4 is 45.1 Å². The minimum Gasteiger partial charge on any atom is -0.481 e. The van der Waals surface area contributed by atoms with E-state index in [0.717, 1.165) is 19.3 Å². The van der Waals surface area contributed by atoms with Crippen molar-refractivity contribution in [3.8, 4) is 0 Å². The average molecular weight is 477 g/mol. The van der Waals surface area contributed by atoms with E-state index in [-0.39, 0.29) is 29.7 Å². The van der Waals surface area contributed by atoms with E-state index in [4.69, 9.17) is 14.4 Å². The Hall–Kier alpha value is -0.384. The summed E-state index contributed by atoms with van der Waals surface area (Å²) in [6.45, 7) is 2.27. The van der Waals surface area contributed by atoms with Crippen LogP contribution in [0, 0.1) is 0 Å². The lowest BCUT2D eigenvalue weighted by molar-refractivity contribution is -0.147. The highest BCUT2D eigenvalue weighted by Gasteiger charge is 2.34. The van der Waals surface area contributed by atoms with E-state index in [0.29, 0.717) is 6.42 Å². The Morgan fingerprint density at radius 2 is 1.10 bits per heavy atom. The molecule has 0 rings (SSSR count). The molecule has 182 valence electrons. The first-order valence-corrected chi connectivity index (χ1v) is 13.1. The van der Waals surface area contributed by atoms with Crippen LogP contribution >= 0.6 is 0 Å². The summed E-state index contributed by atoms with van der Waals surface area (Å²) in [7, 11) is -4.79. The van der Waals surface area contributed by atoms with Gasteiger partial charge in [-0.15, -0.1) is 0 Å². The molecule has 0 radical (unpaired) electrons. The summed E-state index contributed by atoms with van der Waals surface area (Å²) in [5.74, 6) is -2.70. The third-order valence-corrected chi connectivity index (χ3v) is 6.30. The lowest BCUT2D eigenvalue weighted by Crippen LogP contribution is -2.34. The zero-order valence-corrected chi connectivity index (χ0v) is 19.5. The topological polar surface area (TPSA) is 118 Å². The van der Waals surface area contributed by atoms with Crippen LogP contribution in [-0.2, 0) is 24.4 Å². The second-order valence-corrected chi connectivity index (χ2v) is 9.67. The standard InChI is InChI=1S/C22H42O7S.Mg.2H/c1-2-3-4-5-6-7-8-9-10-11-12-13-14-15-16-17-18-29-22(25)20(19-21(23)24)30(26,27)28;;;/h20H,2-19H2,1H3,(H,23,24)(H,26,27,28);;;. The van der Waals surface area contributed by atoms with Crippen LogP contribution in [0.1, 0.15) is 116 Å². The largest absolute Gasteiger partial charge is 0.481 e. The summed E-state index contributed by atoms with van der Waals surface area (Å²) < 4.78 is 35.9. The van der Waals surface area contributed by atoms with Crippen LogP contribution in [0.15, 0.2) is 0 Å². The first kappa shape index (κ1) is 32.8. The number of esters is 1. The molecule has 7 nitrogen and oxygen atoms in total. The van der Waals surface area contributed by atoms with Crippen molar-refractivity contribution in [3.05, 3.63) is 0 Å². The van der Waals surface area contributed by atoms with Gasteiger partial charge in [-0.05, 0) is 6.42 Å². The van der Waals surface area contributed by atoms with Gasteiger partial charge in [0.25, 0.3) is 10.1 Å². The van der Waals surface area contributed by atoms with Crippen molar-refractivity contribution in [1.29, 1.82) is 0 Å². The van der Waals surface area contributed by atoms with E-state index in [1.54, 1.807) is 0 Å². The summed E-state index contributed by atoms with van der Waals surface area (Å²) in [5, 5.41) is 6.57. The molecule has 0 aromatic heterocycles. The first-order valence-electron chi connectivity index (χ1n) is 11.6. The van der Waals surface area contributed by atoms with Gasteiger partial charge in [0.05, 0.1) is 13.0 Å². The van der Waals surface area contributed by atoms with Gasteiger partial charge in [0.15, 0.2) is 5.25 Å². The molecule has 0 spiro atoms. The number of hydrogen-bond donors (Lipinski definition) is 2. The third kappa shape index (κ3) is 21.2. The van der Waals surface area contributed by atoms with E-state index < -0.39 is 33.7 Å². The molecule has 0 aliphatic carbocycles. The normalized spacial score (nSPS) is 12.2. The highest BCUT2D eigenvalue weighted by molar-refractivity contribution is 7.87. The van der Waals surface area contributed by atoms with E-state index in [1.807, 2.05) is 0 Å². The first-order chi connectivity index (χ1) is 14.3. The van der Waals surface area contributed by atoms with Crippen LogP contribution in [0.5, 0.6) is 0 Å². The molecular weight excluding hydrogens is 433 g/mol. The SMILES string of the molecule is CCCCCCCCCCCCCCCCCCOC(=O)C(CC(=O)O)S(=O)(=O)O.[MgH2]. The summed E-state index contributed by atoms with van der Waals surface area (Å²) in [6, 6.07) is 0. The fraction of sp³-hybridized carbons (Fsp3) is 0.909. The molecule has 1 atom stereocenters. The maximum Gasteiger partial charge on any atom is 0.327 e. The lowest BCUT2D eigenvalue weighted by Gasteiger charge is -2.11. The number of carbonyl (C=O) groups excluding carboxylic acids is 1. The Morgan fingerprint density at radius 1 is 0.742 bits per heavy atom. The van der Waals surface area contributed by atoms with Gasteiger partial charge in [0.1, 0.15) is 0 Å². The average Bonchev–Trinajstić information content (AvgIpc) is 2.67. The number of ether oxygens (including phenoxy) is 1. The molecule has 31 heavy (non-hydrogen) atoms. The quantitative estimate of drug-likeness (QED) is 0.107. The van der Waals surface area contributed by atoms with Crippen LogP contribution in [0.3, 0.4) is 0 Å². The Morgan fingerprint density at radius 3 is 1.42 bits per heavy atom. The van der Waals surface area contributed by atoms with Gasteiger partial charge in [-0.3, -0.25) is 14.1 Å². The number of hydrogen-bond acceptors (Lipinski definition) is 5. The molecule has 0 bridgehead atoms. The van der Waals surface area contributed by atoms with Gasteiger partial charge < -0.3 is 9.84 Å². The number of unbranched alkanes of at least 4 members (excludes halogenated alkanes) is 15. The number of rotatable bonds is 21. The molecular formula is C22H44MgO7S. The molecule has 0 fully saturated rings. The molecule has 0 heterocycles. The molecule has 0 amide bonds. The summed E-state index contributed by atoms with van der Waals surface area (Å²) >= 11 is 0. The van der Waals surface area contributed by atoms with Gasteiger partial charge in [-0.25, -0.2) is 0 Å². The number of carbonyl (C=O) groups is 2. The fourth-order valence-corrected chi connectivity index (χ4v) is 4.05. The van der Waals surface area contributed by atoms with Crippen LogP contribution in [0.25, 0.3) is 0 Å². The molecule has 0 saturated carbocycles. The monoisotopic (exact) mass is 476 g/mol. The summed E-state index contributed by atoms with van der Waals surface area (Å²) in [4.78, 5) is 22.3. The molecule has 2 N–H and O–H groups in total. The van der Waals surface area contributed by atoms with Gasteiger partial charge >= 0.3 is 35.0 Å². The number of carboxylic acids is 1. The number of carboxylic acid groups (broad SMARTS) is 1. The van der Waals surface area contributed by atoms with Gasteiger partial charge in [-0.2, -0.15) is 8.42 Å². The molecule has 0 aromatic carbocycles. The highest BCUT2D eigenvalue weighted by atomic mass is 32.2. The maximum atomic E-state index is 11.7. The predicted octanol–water partition coefficient (Wildman–Crippen LogP) is 4.61. The Balaban J connectivity index is 0. The van der Waals surface area contributed by atoms with Crippen molar-refractivity contribution in [2.24, 2.45) is 0 Å². The summed E-state index contributed by atoms with van der Waals surface area (Å²) in [5.41, 5.74) is 0. The Labute approximate surface area is 205 Å². The van der Waals surface area contributed by atoms with Crippen molar-refractivity contribution < 1.29 is 32.4 Å². The molecule has 0 aromatic rings. The smallest absolute Gasteiger partial charge is 0.327 e. The van der Waals surface area contributed by atoms with Gasteiger partial charge in [0.2, 0.25) is 0 Å². The fourth-order valence-electron chi connectivity index (χ4n) is 3.38. The van der Waals surface area contributed by atoms with Crippen LogP contribution in [-0.4, -0.2) is 64.9 Å². The van der Waals surface area contributed by atoms with E-state index in [9.17, 15) is 18.0 Å². The van der Waals surface area contributed by atoms with Crippen LogP contribution in [0.4, 0.5) is 0 Å². The zero-order valence-electron chi connectivity index (χ0n) is 18.6. The highest BCUT2D eigenvalue weighted by Crippen LogP contribution is 2.14. The van der Waals surface area contributed by atoms with Crippen molar-refractivity contribution in [3.63, 3.8) is 0 Å². The minimum atomic E-state index is -4.79. The van der Waals surface area contributed by atoms with E-state index >= 15 is 0 Å². The third-order valence-electron chi connectivity index (χ3n) is 5.22. The Kier molecular flexibility index (Phi) is 22.7. The van der Waals surface area contributed by atoms with Crippen molar-refractivity contribution in [2.75, 3.05) is 6.61 Å². The van der Waals surface area contributed by atoms with E-state index in [1.165, 1.54) is 77.0 Å². The molecule has 1 unspecified atom stereocenters. The van der Waals surface area contributed by atoms with Crippen molar-refractivity contribution in [1.82, 2.24) is 0 Å². The molecule has 0 aliphatic rings. The van der Waals surface area contributed by atoms with Crippen LogP contribution < -0.4 is 0 Å². The molecule has 9 heteroatoms. The second kappa shape index (κ2) is 21.5. The zero-order chi connectivity index (χ0) is 22.7. The molecule has 0 saturated heterocycles. The van der Waals surface area contributed by atoms with Gasteiger partial charge in [0, 0.05) is 0 Å². The summed E-state index contributed by atoms with van der Waals surface area (Å²) in [6.07, 6.45) is 18.5. The van der Waals surface area contributed by atoms with Gasteiger partial charge in [-0.1, -0.05) is 103 Å². The predicted molar refractivity (Wildman–Crippen MR) is 127 cm³/mol. The van der Waals surface area contributed by atoms with Crippen LogP contribution in [0.2, 0.25) is 0 Å². The minimum absolute atomic E-state index is 0. The van der Waals surface area contributed by atoms with Crippen molar-refractivity contribution in [2.45, 2.75) is 121 Å². The molecule has 0 aliphatic heterocycles. The Bertz CT molecular complexity index is 552. The lowest BCUT2D eigenvalue weighted by atomic mass is 10.0.